The van der Waals surface area contributed by atoms with Crippen molar-refractivity contribution >= 4 is 49.8 Å². The number of rotatable bonds is 12. The van der Waals surface area contributed by atoms with Crippen LogP contribution in [0.5, 0.6) is 0 Å². The van der Waals surface area contributed by atoms with Crippen LogP contribution in [0.3, 0.4) is 0 Å². The van der Waals surface area contributed by atoms with Gasteiger partial charge in [0.1, 0.15) is 35.0 Å². The van der Waals surface area contributed by atoms with E-state index in [1.807, 2.05) is 73.1 Å². The number of piperazine rings is 2. The van der Waals surface area contributed by atoms with Crippen LogP contribution in [-0.4, -0.2) is 135 Å². The Morgan fingerprint density at radius 1 is 0.595 bits per heavy atom. The van der Waals surface area contributed by atoms with Gasteiger partial charge in [0.25, 0.3) is 0 Å². The molecule has 10 heterocycles. The van der Waals surface area contributed by atoms with Crippen LogP contribution < -0.4 is 9.47 Å². The highest BCUT2D eigenvalue weighted by Gasteiger charge is 2.29. The minimum absolute atomic E-state index is 0.125. The van der Waals surface area contributed by atoms with Crippen molar-refractivity contribution in [2.45, 2.75) is 26.1 Å². The summed E-state index contributed by atoms with van der Waals surface area (Å²) < 4.78 is 33.4. The van der Waals surface area contributed by atoms with Gasteiger partial charge in [-0.3, -0.25) is 24.9 Å². The number of nitrogens with one attached hydrogen (secondary N) is 4. The van der Waals surface area contributed by atoms with E-state index in [2.05, 4.69) is 109 Å². The predicted molar refractivity (Wildman–Crippen MR) is 304 cm³/mol. The second-order valence-corrected chi connectivity index (χ2v) is 21.0. The van der Waals surface area contributed by atoms with E-state index in [9.17, 15) is 0 Å². The number of anilines is 1. The number of imidazole rings is 2. The maximum absolute atomic E-state index is 15.8. The Kier molecular flexibility index (Phi) is 12.2. The average Bonchev–Trinajstić information content (AvgIpc) is 4.34. The van der Waals surface area contributed by atoms with Crippen molar-refractivity contribution in [3.05, 3.63) is 164 Å². The first-order valence-corrected chi connectivity index (χ1v) is 26.8. The quantitative estimate of drug-likeness (QED) is 0.0860. The van der Waals surface area contributed by atoms with E-state index < -0.39 is 0 Å². The van der Waals surface area contributed by atoms with Gasteiger partial charge in [0.15, 0.2) is 17.3 Å². The van der Waals surface area contributed by atoms with Crippen molar-refractivity contribution in [2.24, 2.45) is 0 Å². The van der Waals surface area contributed by atoms with Gasteiger partial charge in [-0.15, -0.1) is 0 Å². The summed E-state index contributed by atoms with van der Waals surface area (Å²) in [7, 11) is 2.14. The fraction of sp³-hybridized carbons (Fsp3) is 0.213. The number of hydrogen-bond donors (Lipinski definition) is 4. The van der Waals surface area contributed by atoms with Crippen molar-refractivity contribution in [1.29, 1.82) is 0 Å². The molecule has 4 aromatic carbocycles. The lowest BCUT2D eigenvalue weighted by Crippen LogP contribution is -2.54. The van der Waals surface area contributed by atoms with Gasteiger partial charge < -0.3 is 19.8 Å². The van der Waals surface area contributed by atoms with Crippen LogP contribution in [0.2, 0.25) is 0 Å². The molecule has 392 valence electrons. The van der Waals surface area contributed by atoms with Gasteiger partial charge in [-0.05, 0) is 103 Å². The highest BCUT2D eigenvalue weighted by atomic mass is 19.1. The molecule has 1 atom stereocenters. The summed E-state index contributed by atoms with van der Waals surface area (Å²) in [6.07, 6.45) is 11.2. The van der Waals surface area contributed by atoms with Crippen LogP contribution in [0.1, 0.15) is 12.5 Å². The van der Waals surface area contributed by atoms with Crippen LogP contribution in [0.4, 0.5) is 14.5 Å². The molecule has 0 bridgehead atoms. The molecule has 0 aliphatic carbocycles. The van der Waals surface area contributed by atoms with Crippen LogP contribution >= 0.6 is 0 Å². The van der Waals surface area contributed by atoms with E-state index in [0.717, 1.165) is 152 Å². The molecular weight excluding hydrogens is 995 g/mol. The molecule has 2 aliphatic rings. The zero-order valence-electron chi connectivity index (χ0n) is 43.6. The van der Waals surface area contributed by atoms with Crippen molar-refractivity contribution in [3.8, 4) is 67.5 Å². The molecule has 18 heteroatoms. The first kappa shape index (κ1) is 48.3. The number of halogens is 2. The molecule has 2 saturated heterocycles. The fourth-order valence-corrected chi connectivity index (χ4v) is 11.6. The molecule has 2 aliphatic heterocycles. The third-order valence-corrected chi connectivity index (χ3v) is 15.8. The highest BCUT2D eigenvalue weighted by molar-refractivity contribution is 5.99. The van der Waals surface area contributed by atoms with E-state index in [-0.39, 0.29) is 17.7 Å². The SMILES string of the molecule is CC(C[n+]1cc(-c2cccnc2)cc2c(-c3nc4c(-c5cc(F)cc(CN6CCN(C)CC6)c5)cccc4[nH]3)[nH]nc21)N1CCN(c2cc(F)cc(-c3cccc4[nH]c(-c5[nH]nc6ncc(-c7cccnc7)cc56)nc34)c2)CC1. The lowest BCUT2D eigenvalue weighted by atomic mass is 10.0. The third-order valence-electron chi connectivity index (χ3n) is 15.8. The lowest BCUT2D eigenvalue weighted by molar-refractivity contribution is -0.677. The standard InChI is InChI=1S/C61H54F2N16/c1-37(77-19-21-78(22-20-77)47-27-42(26-46(63)30-47)49-10-4-12-53-55(49)69-59(67-53)56-50-28-43(33-66-58(50)73-71-56)39-7-5-13-64-31-39)34-79-36-44(40-8-6-14-65-32-40)29-51-57(72-74-61(51)79)60-68-52-11-3-9-48(54(52)70-60)41-23-38(24-45(62)25-41)35-76-17-15-75(2)16-18-76/h3-14,23-33,36-37H,15-22,34-35H2,1-2H3,(H3,66,67,68,69,70,71,72,73)/p+1. The summed E-state index contributed by atoms with van der Waals surface area (Å²) in [6, 6.07) is 34.8. The number of hydrogen-bond acceptors (Lipinski definition) is 11. The molecule has 0 spiro atoms. The molecule has 0 radical (unpaired) electrons. The van der Waals surface area contributed by atoms with Crippen LogP contribution in [0, 0.1) is 11.6 Å². The number of fused-ring (bicyclic) bond motifs is 4. The molecule has 79 heavy (non-hydrogen) atoms. The van der Waals surface area contributed by atoms with Crippen molar-refractivity contribution in [2.75, 3.05) is 64.3 Å². The summed E-state index contributed by atoms with van der Waals surface area (Å²) in [6.45, 7) is 10.5. The molecule has 2 fully saturated rings. The van der Waals surface area contributed by atoms with Crippen molar-refractivity contribution < 1.29 is 13.3 Å². The van der Waals surface area contributed by atoms with Gasteiger partial charge >= 0.3 is 5.65 Å². The van der Waals surface area contributed by atoms with Crippen molar-refractivity contribution in [1.82, 2.24) is 70.0 Å². The van der Waals surface area contributed by atoms with Gasteiger partial charge in [-0.25, -0.2) is 28.3 Å². The minimum atomic E-state index is -0.308. The first-order valence-electron chi connectivity index (χ1n) is 26.8. The summed E-state index contributed by atoms with van der Waals surface area (Å²) in [5.41, 5.74) is 14.8. The monoisotopic (exact) mass is 1050 g/mol. The van der Waals surface area contributed by atoms with Gasteiger partial charge in [-0.2, -0.15) is 10.2 Å². The Labute approximate surface area is 452 Å². The summed E-state index contributed by atoms with van der Waals surface area (Å²) in [5.74, 6) is 0.685. The topological polar surface area (TPSA) is 170 Å². The molecule has 16 nitrogen and oxygen atoms in total. The number of aromatic amines is 4. The Morgan fingerprint density at radius 2 is 1.23 bits per heavy atom. The number of para-hydroxylation sites is 2. The number of benzene rings is 4. The number of pyridine rings is 4. The minimum Gasteiger partial charge on any atom is -0.369 e. The number of aromatic nitrogens is 12. The fourth-order valence-electron chi connectivity index (χ4n) is 11.6. The molecular formula is C61H55F2N16+. The molecule has 0 saturated carbocycles. The molecule has 1 unspecified atom stereocenters. The Bertz CT molecular complexity index is 4210. The molecule has 0 amide bonds. The van der Waals surface area contributed by atoms with E-state index >= 15 is 8.78 Å². The second kappa shape index (κ2) is 20.0. The first-order chi connectivity index (χ1) is 38.7. The van der Waals surface area contributed by atoms with Gasteiger partial charge in [0.05, 0.1) is 38.7 Å². The molecule has 12 aromatic rings. The van der Waals surface area contributed by atoms with Crippen LogP contribution in [-0.2, 0) is 13.1 Å². The largest absolute Gasteiger partial charge is 0.369 e. The number of likely N-dealkylation sites (N-methyl/N-ethyl adjacent to an activating group) is 1. The molecule has 14 rings (SSSR count). The van der Waals surface area contributed by atoms with Gasteiger partial charge in [-0.1, -0.05) is 36.4 Å². The Balaban J connectivity index is 0.712. The van der Waals surface area contributed by atoms with E-state index in [1.165, 1.54) is 0 Å². The highest BCUT2D eigenvalue weighted by Crippen LogP contribution is 2.37. The van der Waals surface area contributed by atoms with E-state index in [4.69, 9.17) is 15.1 Å². The second-order valence-electron chi connectivity index (χ2n) is 21.0. The Hall–Kier alpha value is -9.10. The molecule has 8 aromatic heterocycles. The zero-order valence-corrected chi connectivity index (χ0v) is 43.6. The Morgan fingerprint density at radius 3 is 1.91 bits per heavy atom. The van der Waals surface area contributed by atoms with Gasteiger partial charge in [0, 0.05) is 135 Å². The number of H-pyrrole nitrogens is 4. The maximum atomic E-state index is 15.8. The third kappa shape index (κ3) is 9.32. The molecule has 4 N–H and O–H groups in total. The summed E-state index contributed by atoms with van der Waals surface area (Å²) in [4.78, 5) is 40.1. The normalized spacial score (nSPS) is 15.3. The van der Waals surface area contributed by atoms with Crippen LogP contribution in [0.15, 0.2) is 146 Å². The average molecular weight is 1050 g/mol. The smallest absolute Gasteiger partial charge is 0.357 e. The summed E-state index contributed by atoms with van der Waals surface area (Å²) in [5, 5.41) is 17.6. The van der Waals surface area contributed by atoms with Crippen molar-refractivity contribution in [3.63, 3.8) is 0 Å². The van der Waals surface area contributed by atoms with Gasteiger partial charge in [0.2, 0.25) is 0 Å². The van der Waals surface area contributed by atoms with E-state index in [0.29, 0.717) is 36.1 Å². The summed E-state index contributed by atoms with van der Waals surface area (Å²) >= 11 is 0. The lowest BCUT2D eigenvalue weighted by Gasteiger charge is -2.38. The predicted octanol–water partition coefficient (Wildman–Crippen LogP) is 9.90. The zero-order chi connectivity index (χ0) is 53.1. The number of nitrogens with zero attached hydrogens (tertiary/aromatic N) is 12. The van der Waals surface area contributed by atoms with E-state index in [1.54, 1.807) is 42.9 Å². The van der Waals surface area contributed by atoms with Crippen LogP contribution in [0.25, 0.3) is 112 Å². The maximum Gasteiger partial charge on any atom is 0.357 e.